The number of halogens is 4. The zero-order valence-electron chi connectivity index (χ0n) is 9.84. The molecule has 0 heterocycles. The van der Waals surface area contributed by atoms with Crippen LogP contribution in [0.25, 0.3) is 0 Å². The highest BCUT2D eigenvalue weighted by Gasteiger charge is 2.68. The Hall–Kier alpha value is -1.34. The van der Waals surface area contributed by atoms with Crippen LogP contribution in [0.3, 0.4) is 0 Å². The first-order chi connectivity index (χ1) is 7.86. The van der Waals surface area contributed by atoms with Gasteiger partial charge in [0.25, 0.3) is 0 Å². The minimum atomic E-state index is -5.19. The Bertz CT molecular complexity index is 339. The van der Waals surface area contributed by atoms with Crippen molar-refractivity contribution in [3.8, 4) is 0 Å². The summed E-state index contributed by atoms with van der Waals surface area (Å²) in [7, 11) is 0. The van der Waals surface area contributed by atoms with Crippen LogP contribution in [-0.4, -0.2) is 34.0 Å². The molecule has 0 rings (SSSR count). The summed E-state index contributed by atoms with van der Waals surface area (Å²) >= 11 is 0. The van der Waals surface area contributed by atoms with Gasteiger partial charge in [0.1, 0.15) is 0 Å². The number of rotatable bonds is 7. The standard InChI is InChI=1S/C10H14F4O4/c1-8(2,5-3-4-6(15)16)10(13,14)9(11,12)7(17)18/h3-5H2,1-2H3,(H,15,16)(H,17,18). The number of carboxylic acid groups (broad SMARTS) is 2. The van der Waals surface area contributed by atoms with Crippen LogP contribution in [0.5, 0.6) is 0 Å². The van der Waals surface area contributed by atoms with Crippen molar-refractivity contribution < 1.29 is 37.4 Å². The van der Waals surface area contributed by atoms with Gasteiger partial charge >= 0.3 is 23.8 Å². The topological polar surface area (TPSA) is 74.6 Å². The van der Waals surface area contributed by atoms with Gasteiger partial charge < -0.3 is 10.2 Å². The van der Waals surface area contributed by atoms with E-state index in [1.807, 2.05) is 0 Å². The molecule has 0 amide bonds. The average Bonchev–Trinajstić information content (AvgIpc) is 2.15. The number of hydrogen-bond acceptors (Lipinski definition) is 2. The molecule has 0 atom stereocenters. The lowest BCUT2D eigenvalue weighted by atomic mass is 9.77. The maximum Gasteiger partial charge on any atom is 0.404 e. The van der Waals surface area contributed by atoms with Gasteiger partial charge in [0, 0.05) is 11.8 Å². The molecule has 106 valence electrons. The molecule has 0 fully saturated rings. The zero-order valence-corrected chi connectivity index (χ0v) is 9.84. The molecule has 0 aromatic carbocycles. The number of aliphatic carboxylic acids is 2. The van der Waals surface area contributed by atoms with Gasteiger partial charge in [0.15, 0.2) is 0 Å². The Morgan fingerprint density at radius 3 is 1.83 bits per heavy atom. The van der Waals surface area contributed by atoms with E-state index in [1.165, 1.54) is 0 Å². The van der Waals surface area contributed by atoms with Gasteiger partial charge in [0.2, 0.25) is 0 Å². The Morgan fingerprint density at radius 1 is 1.06 bits per heavy atom. The fraction of sp³-hybridized carbons (Fsp3) is 0.800. The van der Waals surface area contributed by atoms with E-state index in [9.17, 15) is 27.2 Å². The van der Waals surface area contributed by atoms with Crippen LogP contribution in [0.15, 0.2) is 0 Å². The normalized spacial score (nSPS) is 13.4. The van der Waals surface area contributed by atoms with E-state index < -0.39 is 42.0 Å². The third kappa shape index (κ3) is 3.11. The van der Waals surface area contributed by atoms with E-state index in [0.717, 1.165) is 13.8 Å². The summed E-state index contributed by atoms with van der Waals surface area (Å²) in [5.74, 6) is -14.1. The fourth-order valence-electron chi connectivity index (χ4n) is 1.40. The molecule has 0 unspecified atom stereocenters. The summed E-state index contributed by atoms with van der Waals surface area (Å²) in [5.41, 5.74) is -2.33. The summed E-state index contributed by atoms with van der Waals surface area (Å²) in [4.78, 5) is 20.4. The first kappa shape index (κ1) is 16.7. The first-order valence-electron chi connectivity index (χ1n) is 5.07. The molecule has 0 aliphatic heterocycles. The summed E-state index contributed by atoms with van der Waals surface area (Å²) in [6, 6.07) is 0. The van der Waals surface area contributed by atoms with Crippen molar-refractivity contribution in [2.24, 2.45) is 5.41 Å². The van der Waals surface area contributed by atoms with Crippen LogP contribution < -0.4 is 0 Å². The van der Waals surface area contributed by atoms with Gasteiger partial charge in [-0.3, -0.25) is 4.79 Å². The summed E-state index contributed by atoms with van der Waals surface area (Å²) in [6.07, 6.45) is -1.22. The fourth-order valence-corrected chi connectivity index (χ4v) is 1.40. The maximum absolute atomic E-state index is 13.5. The minimum Gasteiger partial charge on any atom is -0.481 e. The van der Waals surface area contributed by atoms with Gasteiger partial charge in [-0.05, 0) is 12.8 Å². The van der Waals surface area contributed by atoms with Crippen molar-refractivity contribution in [1.29, 1.82) is 0 Å². The van der Waals surface area contributed by atoms with E-state index in [-0.39, 0.29) is 6.42 Å². The van der Waals surface area contributed by atoms with E-state index in [0.29, 0.717) is 0 Å². The highest BCUT2D eigenvalue weighted by atomic mass is 19.3. The molecular weight excluding hydrogens is 260 g/mol. The van der Waals surface area contributed by atoms with Crippen molar-refractivity contribution in [1.82, 2.24) is 0 Å². The molecule has 0 aliphatic carbocycles. The summed E-state index contributed by atoms with van der Waals surface area (Å²) in [5, 5.41) is 16.5. The molecule has 4 nitrogen and oxygen atoms in total. The lowest BCUT2D eigenvalue weighted by molar-refractivity contribution is -0.262. The van der Waals surface area contributed by atoms with Crippen molar-refractivity contribution in [3.05, 3.63) is 0 Å². The number of carboxylic acids is 2. The van der Waals surface area contributed by atoms with Gasteiger partial charge in [-0.1, -0.05) is 13.8 Å². The molecule has 0 aromatic rings. The Balaban J connectivity index is 4.96. The van der Waals surface area contributed by atoms with E-state index >= 15 is 0 Å². The number of carbonyl (C=O) groups is 2. The molecule has 18 heavy (non-hydrogen) atoms. The highest BCUT2D eigenvalue weighted by Crippen LogP contribution is 2.49. The molecule has 0 aliphatic rings. The van der Waals surface area contributed by atoms with Crippen LogP contribution in [0.2, 0.25) is 0 Å². The highest BCUT2D eigenvalue weighted by molar-refractivity contribution is 5.77. The largest absolute Gasteiger partial charge is 0.481 e. The lowest BCUT2D eigenvalue weighted by Crippen LogP contribution is -2.55. The van der Waals surface area contributed by atoms with Gasteiger partial charge in [-0.25, -0.2) is 4.79 Å². The summed E-state index contributed by atoms with van der Waals surface area (Å²) in [6.45, 7) is 1.57. The van der Waals surface area contributed by atoms with Crippen molar-refractivity contribution >= 4 is 11.9 Å². The van der Waals surface area contributed by atoms with Crippen molar-refractivity contribution in [2.75, 3.05) is 0 Å². The molecule has 0 radical (unpaired) electrons. The molecule has 0 spiro atoms. The second kappa shape index (κ2) is 5.11. The van der Waals surface area contributed by atoms with Gasteiger partial charge in [-0.15, -0.1) is 0 Å². The van der Waals surface area contributed by atoms with Crippen LogP contribution >= 0.6 is 0 Å². The van der Waals surface area contributed by atoms with Gasteiger partial charge in [-0.2, -0.15) is 17.6 Å². The number of hydrogen-bond donors (Lipinski definition) is 2. The molecular formula is C10H14F4O4. The average molecular weight is 274 g/mol. The smallest absolute Gasteiger partial charge is 0.404 e. The predicted molar refractivity (Wildman–Crippen MR) is 52.8 cm³/mol. The Kier molecular flexibility index (Phi) is 4.73. The molecule has 0 saturated heterocycles. The number of alkyl halides is 4. The molecule has 0 aromatic heterocycles. The second-order valence-corrected chi connectivity index (χ2v) is 4.59. The van der Waals surface area contributed by atoms with Crippen molar-refractivity contribution in [2.45, 2.75) is 45.0 Å². The quantitative estimate of drug-likeness (QED) is 0.700. The maximum atomic E-state index is 13.5. The third-order valence-electron chi connectivity index (χ3n) is 2.71. The third-order valence-corrected chi connectivity index (χ3v) is 2.71. The summed E-state index contributed by atoms with van der Waals surface area (Å²) < 4.78 is 52.8. The molecule has 8 heteroatoms. The predicted octanol–water partition coefficient (Wildman–Crippen LogP) is 2.62. The SMILES string of the molecule is CC(C)(CCCC(=O)O)C(F)(F)C(F)(F)C(=O)O. The van der Waals surface area contributed by atoms with Crippen molar-refractivity contribution in [3.63, 3.8) is 0 Å². The molecule has 0 saturated carbocycles. The Morgan fingerprint density at radius 2 is 1.50 bits per heavy atom. The van der Waals surface area contributed by atoms with E-state index in [1.54, 1.807) is 0 Å². The van der Waals surface area contributed by atoms with E-state index in [4.69, 9.17) is 10.2 Å². The van der Waals surface area contributed by atoms with Crippen LogP contribution in [0, 0.1) is 5.41 Å². The van der Waals surface area contributed by atoms with Crippen LogP contribution in [0.1, 0.15) is 33.1 Å². The Labute approximate surface area is 101 Å². The molecule has 0 bridgehead atoms. The van der Waals surface area contributed by atoms with E-state index in [2.05, 4.69) is 0 Å². The second-order valence-electron chi connectivity index (χ2n) is 4.59. The zero-order chi connectivity index (χ0) is 14.8. The van der Waals surface area contributed by atoms with Crippen LogP contribution in [0.4, 0.5) is 17.6 Å². The van der Waals surface area contributed by atoms with Gasteiger partial charge in [0.05, 0.1) is 0 Å². The first-order valence-corrected chi connectivity index (χ1v) is 5.07. The minimum absolute atomic E-state index is 0.242. The molecule has 2 N–H and O–H groups in total. The van der Waals surface area contributed by atoms with Crippen LogP contribution in [-0.2, 0) is 9.59 Å². The monoisotopic (exact) mass is 274 g/mol. The lowest BCUT2D eigenvalue weighted by Gasteiger charge is -2.37.